The van der Waals surface area contributed by atoms with Crippen LogP contribution in [0.5, 0.6) is 0 Å². The summed E-state index contributed by atoms with van der Waals surface area (Å²) in [5.41, 5.74) is 3.23. The Labute approximate surface area is 135 Å². The molecule has 1 amide bonds. The van der Waals surface area contributed by atoms with Crippen LogP contribution in [0.3, 0.4) is 0 Å². The molecule has 0 saturated carbocycles. The molecule has 1 unspecified atom stereocenters. The van der Waals surface area contributed by atoms with Crippen LogP contribution in [0.15, 0.2) is 29.6 Å². The molecule has 3 rings (SSSR count). The van der Waals surface area contributed by atoms with Crippen LogP contribution >= 0.6 is 11.3 Å². The van der Waals surface area contributed by atoms with Crippen molar-refractivity contribution in [1.29, 1.82) is 0 Å². The summed E-state index contributed by atoms with van der Waals surface area (Å²) in [5, 5.41) is 6.33. The molecule has 1 aromatic heterocycles. The number of amides is 1. The number of piperazine rings is 1. The standard InChI is InChI=1S/C17H21N3OS/c1-12-3-5-14(6-4-12)17-19-15(11-22-17)9-16(21)20-8-7-18-13(2)10-20/h3-6,11,13,18H,7-10H2,1-2H3. The second-order valence-corrected chi connectivity index (χ2v) is 6.74. The molecule has 0 bridgehead atoms. The molecule has 0 spiro atoms. The van der Waals surface area contributed by atoms with Gasteiger partial charge in [0.2, 0.25) is 5.91 Å². The molecule has 4 nitrogen and oxygen atoms in total. The molecule has 0 aliphatic carbocycles. The second-order valence-electron chi connectivity index (χ2n) is 5.88. The average molecular weight is 315 g/mol. The Morgan fingerprint density at radius 1 is 1.41 bits per heavy atom. The number of carbonyl (C=O) groups is 1. The summed E-state index contributed by atoms with van der Waals surface area (Å²) < 4.78 is 0. The van der Waals surface area contributed by atoms with Gasteiger partial charge in [-0.3, -0.25) is 4.79 Å². The Morgan fingerprint density at radius 3 is 2.91 bits per heavy atom. The van der Waals surface area contributed by atoms with Gasteiger partial charge in [-0.15, -0.1) is 11.3 Å². The van der Waals surface area contributed by atoms with Crippen LogP contribution in [-0.4, -0.2) is 41.5 Å². The highest BCUT2D eigenvalue weighted by molar-refractivity contribution is 7.13. The van der Waals surface area contributed by atoms with Gasteiger partial charge in [0.15, 0.2) is 0 Å². The molecule has 2 aromatic rings. The van der Waals surface area contributed by atoms with Crippen LogP contribution < -0.4 is 5.32 Å². The van der Waals surface area contributed by atoms with E-state index in [0.29, 0.717) is 12.5 Å². The van der Waals surface area contributed by atoms with Crippen molar-refractivity contribution in [3.63, 3.8) is 0 Å². The van der Waals surface area contributed by atoms with Crippen molar-refractivity contribution in [2.24, 2.45) is 0 Å². The van der Waals surface area contributed by atoms with Crippen molar-refractivity contribution in [2.75, 3.05) is 19.6 Å². The fraction of sp³-hybridized carbons (Fsp3) is 0.412. The van der Waals surface area contributed by atoms with Crippen molar-refractivity contribution in [3.05, 3.63) is 40.9 Å². The van der Waals surface area contributed by atoms with Crippen molar-refractivity contribution in [1.82, 2.24) is 15.2 Å². The van der Waals surface area contributed by atoms with E-state index >= 15 is 0 Å². The van der Waals surface area contributed by atoms with Crippen molar-refractivity contribution < 1.29 is 4.79 Å². The number of nitrogens with zero attached hydrogens (tertiary/aromatic N) is 2. The zero-order valence-corrected chi connectivity index (χ0v) is 13.8. The van der Waals surface area contributed by atoms with Gasteiger partial charge in [-0.25, -0.2) is 4.98 Å². The highest BCUT2D eigenvalue weighted by Gasteiger charge is 2.21. The summed E-state index contributed by atoms with van der Waals surface area (Å²) in [6, 6.07) is 8.71. The van der Waals surface area contributed by atoms with E-state index in [-0.39, 0.29) is 5.91 Å². The number of hydrogen-bond acceptors (Lipinski definition) is 4. The first-order valence-corrected chi connectivity index (χ1v) is 8.52. The normalized spacial score (nSPS) is 18.5. The number of hydrogen-bond donors (Lipinski definition) is 1. The Balaban J connectivity index is 1.66. The van der Waals surface area contributed by atoms with E-state index in [1.165, 1.54) is 5.56 Å². The van der Waals surface area contributed by atoms with Gasteiger partial charge >= 0.3 is 0 Å². The zero-order valence-electron chi connectivity index (χ0n) is 13.0. The maximum atomic E-state index is 12.4. The van der Waals surface area contributed by atoms with Gasteiger partial charge in [0.1, 0.15) is 5.01 Å². The molecule has 22 heavy (non-hydrogen) atoms. The highest BCUT2D eigenvalue weighted by atomic mass is 32.1. The SMILES string of the molecule is Cc1ccc(-c2nc(CC(=O)N3CCNC(C)C3)cs2)cc1. The zero-order chi connectivity index (χ0) is 15.5. The number of nitrogens with one attached hydrogen (secondary N) is 1. The monoisotopic (exact) mass is 315 g/mol. The molecule has 0 radical (unpaired) electrons. The largest absolute Gasteiger partial charge is 0.340 e. The van der Waals surface area contributed by atoms with Gasteiger partial charge < -0.3 is 10.2 Å². The number of benzene rings is 1. The lowest BCUT2D eigenvalue weighted by molar-refractivity contribution is -0.131. The second kappa shape index (κ2) is 6.58. The summed E-state index contributed by atoms with van der Waals surface area (Å²) in [5.74, 6) is 0.175. The van der Waals surface area contributed by atoms with Crippen molar-refractivity contribution in [2.45, 2.75) is 26.3 Å². The van der Waals surface area contributed by atoms with Crippen LogP contribution in [0.2, 0.25) is 0 Å². The smallest absolute Gasteiger partial charge is 0.228 e. The molecule has 116 valence electrons. The maximum Gasteiger partial charge on any atom is 0.228 e. The van der Waals surface area contributed by atoms with Crippen LogP contribution in [0.25, 0.3) is 10.6 Å². The summed E-state index contributed by atoms with van der Waals surface area (Å²) in [6.45, 7) is 6.63. The molecule has 1 saturated heterocycles. The number of aromatic nitrogens is 1. The molecule has 1 fully saturated rings. The average Bonchev–Trinajstić information content (AvgIpc) is 2.96. The van der Waals surface area contributed by atoms with E-state index in [9.17, 15) is 4.79 Å². The fourth-order valence-electron chi connectivity index (χ4n) is 2.64. The Bertz CT molecular complexity index is 650. The predicted octanol–water partition coefficient (Wildman–Crippen LogP) is 2.48. The van der Waals surface area contributed by atoms with E-state index < -0.39 is 0 Å². The molecule has 2 heterocycles. The van der Waals surface area contributed by atoms with Crippen LogP contribution in [0.4, 0.5) is 0 Å². The number of aryl methyl sites for hydroxylation is 1. The first-order chi connectivity index (χ1) is 10.6. The molecular weight excluding hydrogens is 294 g/mol. The highest BCUT2D eigenvalue weighted by Crippen LogP contribution is 2.24. The molecular formula is C17H21N3OS. The summed E-state index contributed by atoms with van der Waals surface area (Å²) in [7, 11) is 0. The van der Waals surface area contributed by atoms with Gasteiger partial charge in [-0.05, 0) is 13.8 Å². The Kier molecular flexibility index (Phi) is 4.55. The van der Waals surface area contributed by atoms with Gasteiger partial charge in [-0.2, -0.15) is 0 Å². The third-order valence-electron chi connectivity index (χ3n) is 3.90. The molecule has 5 heteroatoms. The molecule has 1 aliphatic rings. The van der Waals surface area contributed by atoms with E-state index in [4.69, 9.17) is 0 Å². The summed E-state index contributed by atoms with van der Waals surface area (Å²) >= 11 is 1.60. The molecule has 1 atom stereocenters. The van der Waals surface area contributed by atoms with Crippen LogP contribution in [-0.2, 0) is 11.2 Å². The van der Waals surface area contributed by atoms with E-state index in [2.05, 4.69) is 48.4 Å². The maximum absolute atomic E-state index is 12.4. The number of thiazole rings is 1. The minimum atomic E-state index is 0.175. The van der Waals surface area contributed by atoms with E-state index in [0.717, 1.165) is 35.9 Å². The minimum absolute atomic E-state index is 0.175. The van der Waals surface area contributed by atoms with Crippen LogP contribution in [0.1, 0.15) is 18.2 Å². The van der Waals surface area contributed by atoms with Gasteiger partial charge in [-0.1, -0.05) is 29.8 Å². The third kappa shape index (κ3) is 3.54. The minimum Gasteiger partial charge on any atom is -0.340 e. The Hall–Kier alpha value is -1.72. The third-order valence-corrected chi connectivity index (χ3v) is 4.84. The summed E-state index contributed by atoms with van der Waals surface area (Å²) in [4.78, 5) is 18.9. The Morgan fingerprint density at radius 2 is 2.18 bits per heavy atom. The first-order valence-electron chi connectivity index (χ1n) is 7.64. The van der Waals surface area contributed by atoms with Gasteiger partial charge in [0.25, 0.3) is 0 Å². The molecule has 1 aliphatic heterocycles. The lowest BCUT2D eigenvalue weighted by atomic mass is 10.1. The fourth-order valence-corrected chi connectivity index (χ4v) is 3.47. The van der Waals surface area contributed by atoms with E-state index in [1.807, 2.05) is 10.3 Å². The quantitative estimate of drug-likeness (QED) is 0.946. The van der Waals surface area contributed by atoms with Gasteiger partial charge in [0, 0.05) is 36.6 Å². The van der Waals surface area contributed by atoms with Crippen molar-refractivity contribution >= 4 is 17.2 Å². The van der Waals surface area contributed by atoms with Crippen LogP contribution in [0, 0.1) is 6.92 Å². The number of rotatable bonds is 3. The molecule has 1 aromatic carbocycles. The topological polar surface area (TPSA) is 45.2 Å². The first kappa shape index (κ1) is 15.2. The summed E-state index contributed by atoms with van der Waals surface area (Å²) in [6.07, 6.45) is 0.398. The molecule has 1 N–H and O–H groups in total. The van der Waals surface area contributed by atoms with Gasteiger partial charge in [0.05, 0.1) is 12.1 Å². The predicted molar refractivity (Wildman–Crippen MR) is 90.0 cm³/mol. The van der Waals surface area contributed by atoms with Crippen molar-refractivity contribution in [3.8, 4) is 10.6 Å². The number of carbonyl (C=O) groups excluding carboxylic acids is 1. The lowest BCUT2D eigenvalue weighted by Gasteiger charge is -2.31. The lowest BCUT2D eigenvalue weighted by Crippen LogP contribution is -2.51. The van der Waals surface area contributed by atoms with E-state index in [1.54, 1.807) is 11.3 Å².